The molecule has 0 aliphatic heterocycles. The van der Waals surface area contributed by atoms with E-state index in [9.17, 15) is 24.1 Å². The van der Waals surface area contributed by atoms with Crippen LogP contribution in [0.25, 0.3) is 6.08 Å². The SMILES string of the molecule is Cc1c(C(=O)O)ccc(F)c1C(=O)O.O=[N+]([O-])/C=C/c1ccccc1. The fourth-order valence-electron chi connectivity index (χ4n) is 1.88. The average Bonchev–Trinajstić information content (AvgIpc) is 2.54. The molecule has 0 saturated carbocycles. The molecule has 0 bridgehead atoms. The summed E-state index contributed by atoms with van der Waals surface area (Å²) in [6.07, 6.45) is 2.38. The monoisotopic (exact) mass is 347 g/mol. The van der Waals surface area contributed by atoms with Crippen LogP contribution >= 0.6 is 0 Å². The highest BCUT2D eigenvalue weighted by atomic mass is 19.1. The van der Waals surface area contributed by atoms with Gasteiger partial charge in [-0.25, -0.2) is 14.0 Å². The first-order chi connectivity index (χ1) is 11.7. The molecule has 25 heavy (non-hydrogen) atoms. The molecule has 0 amide bonds. The van der Waals surface area contributed by atoms with Gasteiger partial charge < -0.3 is 10.2 Å². The Morgan fingerprint density at radius 1 is 1.08 bits per heavy atom. The van der Waals surface area contributed by atoms with Crippen LogP contribution < -0.4 is 0 Å². The van der Waals surface area contributed by atoms with E-state index in [-0.39, 0.29) is 11.1 Å². The van der Waals surface area contributed by atoms with Gasteiger partial charge in [-0.3, -0.25) is 10.1 Å². The summed E-state index contributed by atoms with van der Waals surface area (Å²) >= 11 is 0. The number of hydrogen-bond donors (Lipinski definition) is 2. The Morgan fingerprint density at radius 2 is 1.68 bits per heavy atom. The standard InChI is InChI=1S/C9H7FO4.C8H7NO2/c1-4-5(8(11)12)2-3-6(10)7(4)9(13)14;10-9(11)7-6-8-4-2-1-3-5-8/h2-3H,1H3,(H,11,12)(H,13,14);1-7H/b;7-6+. The predicted molar refractivity (Wildman–Crippen MR) is 87.5 cm³/mol. The molecule has 130 valence electrons. The van der Waals surface area contributed by atoms with Crippen molar-refractivity contribution in [3.8, 4) is 0 Å². The van der Waals surface area contributed by atoms with E-state index < -0.39 is 28.2 Å². The molecule has 8 heteroatoms. The summed E-state index contributed by atoms with van der Waals surface area (Å²) in [5, 5.41) is 27.2. The molecule has 0 atom stereocenters. The van der Waals surface area contributed by atoms with E-state index in [4.69, 9.17) is 10.2 Å². The van der Waals surface area contributed by atoms with Crippen molar-refractivity contribution in [3.63, 3.8) is 0 Å². The number of hydrogen-bond acceptors (Lipinski definition) is 4. The molecule has 0 spiro atoms. The molecule has 0 saturated heterocycles. The Kier molecular flexibility index (Phi) is 6.96. The minimum absolute atomic E-state index is 0.0787. The van der Waals surface area contributed by atoms with Gasteiger partial charge in [-0.15, -0.1) is 0 Å². The minimum atomic E-state index is -1.47. The quantitative estimate of drug-likeness (QED) is 0.646. The largest absolute Gasteiger partial charge is 0.478 e. The Labute approximate surface area is 141 Å². The molecule has 2 N–H and O–H groups in total. The van der Waals surface area contributed by atoms with Gasteiger partial charge in [0.1, 0.15) is 5.82 Å². The Balaban J connectivity index is 0.000000257. The molecule has 0 heterocycles. The second-order valence-electron chi connectivity index (χ2n) is 4.72. The highest BCUT2D eigenvalue weighted by molar-refractivity contribution is 5.96. The van der Waals surface area contributed by atoms with Crippen LogP contribution in [0, 0.1) is 22.9 Å². The van der Waals surface area contributed by atoms with E-state index in [1.165, 1.54) is 13.0 Å². The zero-order valence-electron chi connectivity index (χ0n) is 13.0. The summed E-state index contributed by atoms with van der Waals surface area (Å²) in [5.41, 5.74) is -0.0390. The van der Waals surface area contributed by atoms with Crippen LogP contribution in [0.1, 0.15) is 31.8 Å². The van der Waals surface area contributed by atoms with E-state index in [1.807, 2.05) is 18.2 Å². The lowest BCUT2D eigenvalue weighted by Crippen LogP contribution is -2.09. The maximum absolute atomic E-state index is 13.0. The van der Waals surface area contributed by atoms with Crippen molar-refractivity contribution < 1.29 is 29.1 Å². The van der Waals surface area contributed by atoms with Crippen molar-refractivity contribution >= 4 is 18.0 Å². The van der Waals surface area contributed by atoms with E-state index in [2.05, 4.69) is 0 Å². The molecular weight excluding hydrogens is 333 g/mol. The number of nitrogens with zero attached hydrogens (tertiary/aromatic N) is 1. The molecule has 2 aromatic rings. The zero-order chi connectivity index (χ0) is 19.0. The second-order valence-corrected chi connectivity index (χ2v) is 4.72. The number of carbonyl (C=O) groups is 2. The average molecular weight is 347 g/mol. The molecule has 0 radical (unpaired) electrons. The Morgan fingerprint density at radius 3 is 2.16 bits per heavy atom. The van der Waals surface area contributed by atoms with Gasteiger partial charge >= 0.3 is 11.9 Å². The first-order valence-electron chi connectivity index (χ1n) is 6.86. The van der Waals surface area contributed by atoms with E-state index in [0.717, 1.165) is 23.9 Å². The number of carboxylic acids is 2. The molecule has 0 unspecified atom stereocenters. The minimum Gasteiger partial charge on any atom is -0.478 e. The van der Waals surface area contributed by atoms with Crippen molar-refractivity contribution in [2.75, 3.05) is 0 Å². The summed E-state index contributed by atoms with van der Waals surface area (Å²) in [6.45, 7) is 1.26. The van der Waals surface area contributed by atoms with Gasteiger partial charge in [0, 0.05) is 6.08 Å². The predicted octanol–water partition coefficient (Wildman–Crippen LogP) is 3.46. The van der Waals surface area contributed by atoms with Crippen molar-refractivity contribution in [2.45, 2.75) is 6.92 Å². The molecule has 2 rings (SSSR count). The van der Waals surface area contributed by atoms with Crippen LogP contribution in [-0.2, 0) is 0 Å². The number of benzene rings is 2. The second kappa shape index (κ2) is 8.92. The third kappa shape index (κ3) is 5.87. The van der Waals surface area contributed by atoms with Crippen molar-refractivity contribution in [1.82, 2.24) is 0 Å². The molecule has 0 aromatic heterocycles. The number of halogens is 1. The van der Waals surface area contributed by atoms with Crippen molar-refractivity contribution in [1.29, 1.82) is 0 Å². The Hall–Kier alpha value is -3.55. The Bertz CT molecular complexity index is 817. The van der Waals surface area contributed by atoms with Crippen LogP contribution in [0.3, 0.4) is 0 Å². The number of carboxylic acid groups (broad SMARTS) is 2. The first-order valence-corrected chi connectivity index (χ1v) is 6.86. The lowest BCUT2D eigenvalue weighted by Gasteiger charge is -2.05. The van der Waals surface area contributed by atoms with E-state index in [1.54, 1.807) is 12.1 Å². The molecule has 0 aliphatic carbocycles. The summed E-state index contributed by atoms with van der Waals surface area (Å²) in [6, 6.07) is 11.0. The van der Waals surface area contributed by atoms with E-state index in [0.29, 0.717) is 0 Å². The lowest BCUT2D eigenvalue weighted by atomic mass is 10.0. The third-order valence-electron chi connectivity index (χ3n) is 3.05. The van der Waals surface area contributed by atoms with Crippen LogP contribution in [-0.4, -0.2) is 27.1 Å². The maximum Gasteiger partial charge on any atom is 0.338 e. The van der Waals surface area contributed by atoms with Gasteiger partial charge in [0.2, 0.25) is 6.20 Å². The third-order valence-corrected chi connectivity index (χ3v) is 3.05. The van der Waals surface area contributed by atoms with Crippen molar-refractivity contribution in [2.24, 2.45) is 0 Å². The summed E-state index contributed by atoms with van der Waals surface area (Å²) in [7, 11) is 0. The maximum atomic E-state index is 13.0. The fraction of sp³-hybridized carbons (Fsp3) is 0.0588. The van der Waals surface area contributed by atoms with Crippen molar-refractivity contribution in [3.05, 3.63) is 86.8 Å². The van der Waals surface area contributed by atoms with Crippen LogP contribution in [0.4, 0.5) is 4.39 Å². The van der Waals surface area contributed by atoms with E-state index >= 15 is 0 Å². The topological polar surface area (TPSA) is 118 Å². The molecule has 2 aromatic carbocycles. The highest BCUT2D eigenvalue weighted by Gasteiger charge is 2.19. The van der Waals surface area contributed by atoms with Crippen LogP contribution in [0.2, 0.25) is 0 Å². The lowest BCUT2D eigenvalue weighted by molar-refractivity contribution is -0.400. The number of aromatic carboxylic acids is 2. The fourth-order valence-corrected chi connectivity index (χ4v) is 1.88. The molecule has 0 aliphatic rings. The zero-order valence-corrected chi connectivity index (χ0v) is 13.0. The molecule has 7 nitrogen and oxygen atoms in total. The van der Waals surface area contributed by atoms with Gasteiger partial charge in [-0.2, -0.15) is 0 Å². The summed E-state index contributed by atoms with van der Waals surface area (Å²) < 4.78 is 13.0. The van der Waals surface area contributed by atoms with Gasteiger partial charge in [0.15, 0.2) is 0 Å². The summed E-state index contributed by atoms with van der Waals surface area (Å²) in [4.78, 5) is 30.6. The van der Waals surface area contributed by atoms with Crippen LogP contribution in [0.5, 0.6) is 0 Å². The smallest absolute Gasteiger partial charge is 0.338 e. The number of rotatable bonds is 4. The summed E-state index contributed by atoms with van der Waals surface area (Å²) in [5.74, 6) is -3.67. The normalized spacial score (nSPS) is 10.0. The molecular formula is C17H14FNO6. The molecule has 0 fully saturated rings. The van der Waals surface area contributed by atoms with Gasteiger partial charge in [-0.1, -0.05) is 30.3 Å². The van der Waals surface area contributed by atoms with Gasteiger partial charge in [0.25, 0.3) is 0 Å². The first kappa shape index (κ1) is 19.5. The highest BCUT2D eigenvalue weighted by Crippen LogP contribution is 2.17. The van der Waals surface area contributed by atoms with Gasteiger partial charge in [0.05, 0.1) is 16.1 Å². The van der Waals surface area contributed by atoms with Gasteiger partial charge in [-0.05, 0) is 30.2 Å². The van der Waals surface area contributed by atoms with Crippen LogP contribution in [0.15, 0.2) is 48.7 Å². The number of nitro groups is 1.